The van der Waals surface area contributed by atoms with E-state index in [2.05, 4.69) is 18.7 Å². The fraction of sp³-hybridized carbons (Fsp3) is 0.632. The molecule has 0 bridgehead atoms. The SMILES string of the molecule is COCCN(C(=O)CN(Cc1ccccc1)C(C)C)C1CCS(=O)(=O)C1. The predicted octanol–water partition coefficient (Wildman–Crippen LogP) is 1.56. The first-order valence-corrected chi connectivity index (χ1v) is 10.9. The minimum atomic E-state index is -3.04. The molecule has 1 atom stereocenters. The van der Waals surface area contributed by atoms with E-state index in [4.69, 9.17) is 4.74 Å². The molecule has 1 heterocycles. The number of ether oxygens (including phenoxy) is 1. The van der Waals surface area contributed by atoms with Crippen molar-refractivity contribution in [1.82, 2.24) is 9.80 Å². The van der Waals surface area contributed by atoms with Crippen LogP contribution in [0.15, 0.2) is 30.3 Å². The number of hydrogen-bond acceptors (Lipinski definition) is 5. The zero-order valence-corrected chi connectivity index (χ0v) is 16.7. The van der Waals surface area contributed by atoms with Crippen LogP contribution < -0.4 is 0 Å². The molecule has 1 amide bonds. The minimum absolute atomic E-state index is 0.0335. The molecule has 0 N–H and O–H groups in total. The summed E-state index contributed by atoms with van der Waals surface area (Å²) in [5, 5.41) is 0. The van der Waals surface area contributed by atoms with Gasteiger partial charge in [0.15, 0.2) is 9.84 Å². The van der Waals surface area contributed by atoms with Crippen LogP contribution in [0.1, 0.15) is 25.8 Å². The van der Waals surface area contributed by atoms with Crippen molar-refractivity contribution in [3.05, 3.63) is 35.9 Å². The zero-order valence-electron chi connectivity index (χ0n) is 15.9. The highest BCUT2D eigenvalue weighted by Gasteiger charge is 2.35. The van der Waals surface area contributed by atoms with Gasteiger partial charge in [0.25, 0.3) is 0 Å². The van der Waals surface area contributed by atoms with Gasteiger partial charge >= 0.3 is 0 Å². The van der Waals surface area contributed by atoms with Gasteiger partial charge in [0.05, 0.1) is 24.7 Å². The lowest BCUT2D eigenvalue weighted by molar-refractivity contribution is -0.135. The van der Waals surface area contributed by atoms with E-state index < -0.39 is 9.84 Å². The second kappa shape index (κ2) is 9.48. The maximum absolute atomic E-state index is 13.0. The maximum Gasteiger partial charge on any atom is 0.237 e. The summed E-state index contributed by atoms with van der Waals surface area (Å²) < 4.78 is 28.8. The predicted molar refractivity (Wildman–Crippen MR) is 103 cm³/mol. The Hall–Kier alpha value is -1.44. The molecule has 1 aromatic rings. The molecule has 26 heavy (non-hydrogen) atoms. The molecular formula is C19H30N2O4S. The monoisotopic (exact) mass is 382 g/mol. The second-order valence-electron chi connectivity index (χ2n) is 7.12. The highest BCUT2D eigenvalue weighted by atomic mass is 32.2. The van der Waals surface area contributed by atoms with E-state index in [0.29, 0.717) is 26.1 Å². The summed E-state index contributed by atoms with van der Waals surface area (Å²) in [4.78, 5) is 16.8. The molecule has 1 unspecified atom stereocenters. The van der Waals surface area contributed by atoms with Crippen LogP contribution in [0.5, 0.6) is 0 Å². The number of rotatable bonds is 9. The molecule has 7 heteroatoms. The summed E-state index contributed by atoms with van der Waals surface area (Å²) in [6, 6.07) is 10.0. The van der Waals surface area contributed by atoms with Crippen molar-refractivity contribution in [3.8, 4) is 0 Å². The van der Waals surface area contributed by atoms with Crippen LogP contribution in [0, 0.1) is 0 Å². The van der Waals surface area contributed by atoms with Crippen LogP contribution in [-0.2, 0) is 25.9 Å². The lowest BCUT2D eigenvalue weighted by atomic mass is 10.1. The van der Waals surface area contributed by atoms with Gasteiger partial charge in [-0.15, -0.1) is 0 Å². The summed E-state index contributed by atoms with van der Waals surface area (Å²) >= 11 is 0. The molecule has 0 aromatic heterocycles. The van der Waals surface area contributed by atoms with E-state index >= 15 is 0 Å². The van der Waals surface area contributed by atoms with Crippen LogP contribution in [0.25, 0.3) is 0 Å². The minimum Gasteiger partial charge on any atom is -0.383 e. The first kappa shape index (κ1) is 20.9. The molecule has 0 aliphatic carbocycles. The number of amides is 1. The highest BCUT2D eigenvalue weighted by molar-refractivity contribution is 7.91. The summed E-state index contributed by atoms with van der Waals surface area (Å²) in [5.74, 6) is 0.184. The van der Waals surface area contributed by atoms with E-state index in [1.807, 2.05) is 30.3 Å². The largest absolute Gasteiger partial charge is 0.383 e. The number of nitrogens with zero attached hydrogens (tertiary/aromatic N) is 2. The van der Waals surface area contributed by atoms with Crippen molar-refractivity contribution in [2.75, 3.05) is 38.3 Å². The van der Waals surface area contributed by atoms with E-state index in [9.17, 15) is 13.2 Å². The summed E-state index contributed by atoms with van der Waals surface area (Å²) in [6.45, 7) is 5.92. The standard InChI is InChI=1S/C19H30N2O4S/c1-16(2)20(13-17-7-5-4-6-8-17)14-19(22)21(10-11-25-3)18-9-12-26(23,24)15-18/h4-8,16,18H,9-15H2,1-3H3. The molecule has 146 valence electrons. The van der Waals surface area contributed by atoms with Crippen LogP contribution in [0.4, 0.5) is 0 Å². The van der Waals surface area contributed by atoms with Crippen LogP contribution in [0.3, 0.4) is 0 Å². The van der Waals surface area contributed by atoms with E-state index in [0.717, 1.165) is 5.56 Å². The second-order valence-corrected chi connectivity index (χ2v) is 9.35. The highest BCUT2D eigenvalue weighted by Crippen LogP contribution is 2.19. The first-order chi connectivity index (χ1) is 12.3. The number of sulfone groups is 1. The Labute approximate surface area is 157 Å². The van der Waals surface area contributed by atoms with Crippen molar-refractivity contribution in [2.24, 2.45) is 0 Å². The van der Waals surface area contributed by atoms with Gasteiger partial charge in [-0.1, -0.05) is 30.3 Å². The van der Waals surface area contributed by atoms with Gasteiger partial charge in [0.2, 0.25) is 5.91 Å². The third-order valence-corrected chi connectivity index (χ3v) is 6.55. The van der Waals surface area contributed by atoms with Gasteiger partial charge < -0.3 is 9.64 Å². The van der Waals surface area contributed by atoms with Gasteiger partial charge in [-0.05, 0) is 25.8 Å². The number of hydrogen-bond donors (Lipinski definition) is 0. The first-order valence-electron chi connectivity index (χ1n) is 9.09. The molecule has 0 radical (unpaired) electrons. The smallest absolute Gasteiger partial charge is 0.237 e. The van der Waals surface area contributed by atoms with Gasteiger partial charge in [-0.2, -0.15) is 0 Å². The molecule has 0 saturated carbocycles. The number of benzene rings is 1. The van der Waals surface area contributed by atoms with Gasteiger partial charge in [-0.3, -0.25) is 9.69 Å². The normalized spacial score (nSPS) is 19.2. The van der Waals surface area contributed by atoms with Crippen LogP contribution in [0.2, 0.25) is 0 Å². The Morgan fingerprint density at radius 2 is 1.96 bits per heavy atom. The Morgan fingerprint density at radius 3 is 2.50 bits per heavy atom. The molecule has 1 aromatic carbocycles. The third-order valence-electron chi connectivity index (χ3n) is 4.80. The topological polar surface area (TPSA) is 66.9 Å². The van der Waals surface area contributed by atoms with Crippen molar-refractivity contribution < 1.29 is 17.9 Å². The Bertz CT molecular complexity index is 676. The molecule has 6 nitrogen and oxygen atoms in total. The zero-order chi connectivity index (χ0) is 19.2. The molecule has 1 saturated heterocycles. The average molecular weight is 383 g/mol. The Morgan fingerprint density at radius 1 is 1.27 bits per heavy atom. The molecule has 0 spiro atoms. The molecule has 2 rings (SSSR count). The average Bonchev–Trinajstić information content (AvgIpc) is 2.95. The van der Waals surface area contributed by atoms with E-state index in [-0.39, 0.29) is 36.0 Å². The lowest BCUT2D eigenvalue weighted by Crippen LogP contribution is -2.48. The van der Waals surface area contributed by atoms with Crippen molar-refractivity contribution in [1.29, 1.82) is 0 Å². The Balaban J connectivity index is 2.07. The fourth-order valence-corrected chi connectivity index (χ4v) is 4.96. The summed E-state index contributed by atoms with van der Waals surface area (Å²) in [6.07, 6.45) is 0.512. The quantitative estimate of drug-likeness (QED) is 0.648. The summed E-state index contributed by atoms with van der Waals surface area (Å²) in [5.41, 5.74) is 1.15. The number of methoxy groups -OCH3 is 1. The molecule has 1 aliphatic rings. The van der Waals surface area contributed by atoms with E-state index in [1.54, 1.807) is 12.0 Å². The van der Waals surface area contributed by atoms with E-state index in [1.165, 1.54) is 0 Å². The number of carbonyl (C=O) groups is 1. The van der Waals surface area contributed by atoms with Crippen LogP contribution in [-0.4, -0.2) is 74.5 Å². The molecule has 1 aliphatic heterocycles. The molecular weight excluding hydrogens is 352 g/mol. The maximum atomic E-state index is 13.0. The van der Waals surface area contributed by atoms with Gasteiger partial charge in [-0.25, -0.2) is 8.42 Å². The lowest BCUT2D eigenvalue weighted by Gasteiger charge is -2.32. The third kappa shape index (κ3) is 6.07. The van der Waals surface area contributed by atoms with Gasteiger partial charge in [0, 0.05) is 32.3 Å². The summed E-state index contributed by atoms with van der Waals surface area (Å²) in [7, 11) is -1.45. The van der Waals surface area contributed by atoms with Crippen molar-refractivity contribution in [3.63, 3.8) is 0 Å². The van der Waals surface area contributed by atoms with Crippen molar-refractivity contribution >= 4 is 15.7 Å². The molecule has 1 fully saturated rings. The van der Waals surface area contributed by atoms with Gasteiger partial charge in [0.1, 0.15) is 0 Å². The Kier molecular flexibility index (Phi) is 7.61. The number of carbonyl (C=O) groups excluding carboxylic acids is 1. The van der Waals surface area contributed by atoms with Crippen molar-refractivity contribution in [2.45, 2.75) is 38.9 Å². The van der Waals surface area contributed by atoms with Crippen LogP contribution >= 0.6 is 0 Å². The fourth-order valence-electron chi connectivity index (χ4n) is 3.23.